The lowest BCUT2D eigenvalue weighted by atomic mass is 9.41. The first kappa shape index (κ1) is 50.2. The van der Waals surface area contributed by atoms with E-state index in [0.717, 1.165) is 44.9 Å². The van der Waals surface area contributed by atoms with Crippen molar-refractivity contribution in [3.63, 3.8) is 0 Å². The summed E-state index contributed by atoms with van der Waals surface area (Å²) in [5.74, 6) is 1.42. The molecule has 0 bridgehead atoms. The highest BCUT2D eigenvalue weighted by atomic mass is 16.8. The summed E-state index contributed by atoms with van der Waals surface area (Å²) in [6.45, 7) is 18.9. The first-order valence-corrected chi connectivity index (χ1v) is 24.4. The summed E-state index contributed by atoms with van der Waals surface area (Å²) < 4.78 is 49.3. The van der Waals surface area contributed by atoms with Crippen LogP contribution in [-0.2, 0) is 37.9 Å². The lowest BCUT2D eigenvalue weighted by Gasteiger charge is -2.65. The maximum absolute atomic E-state index is 11.8. The Morgan fingerprint density at radius 3 is 1.98 bits per heavy atom. The normalized spacial score (nSPS) is 54.3. The van der Waals surface area contributed by atoms with Gasteiger partial charge in [-0.15, -0.1) is 0 Å². The molecule has 0 amide bonds. The molecule has 8 aliphatic rings. The van der Waals surface area contributed by atoms with Gasteiger partial charge in [-0.2, -0.15) is 0 Å². The van der Waals surface area contributed by atoms with Crippen molar-refractivity contribution in [3.05, 3.63) is 23.3 Å². The molecule has 7 fully saturated rings. The minimum Gasteiger partial charge on any atom is -0.388 e. The second kappa shape index (κ2) is 18.5. The average Bonchev–Trinajstić information content (AvgIpc) is 3.78. The molecule has 25 atom stereocenters. The molecule has 8 N–H and O–H groups in total. The van der Waals surface area contributed by atoms with E-state index in [2.05, 4.69) is 60.6 Å². The van der Waals surface area contributed by atoms with E-state index >= 15 is 0 Å². The molecule has 372 valence electrons. The molecule has 0 unspecified atom stereocenters. The van der Waals surface area contributed by atoms with E-state index in [9.17, 15) is 40.9 Å². The van der Waals surface area contributed by atoms with Crippen molar-refractivity contribution in [2.75, 3.05) is 13.7 Å². The highest BCUT2D eigenvalue weighted by Crippen LogP contribution is 2.74. The number of rotatable bonds is 10. The van der Waals surface area contributed by atoms with Crippen molar-refractivity contribution in [3.8, 4) is 0 Å². The third kappa shape index (κ3) is 8.46. The fourth-order valence-electron chi connectivity index (χ4n) is 14.5. The first-order chi connectivity index (χ1) is 30.5. The molecular weight excluding hydrogens is 845 g/mol. The number of hydrogen-bond acceptors (Lipinski definition) is 16. The Kier molecular flexibility index (Phi) is 14.3. The van der Waals surface area contributed by atoms with Gasteiger partial charge in [-0.25, -0.2) is 0 Å². The standard InChI is InChI=1S/C49H80O16/c1-22(2)19-25-20-26(42(58-10)62-25)27-13-17-49(9)29-11-12-31-46(5,6)32(15-16-47(31,7)28(29)14-18-48(27,49)8)64-45-41(65-44-40(57)37(54)34(51)24(4)61-44)38(55)35(52)30(63-45)21-59-43-39(56)36(53)33(50)23(3)60-43/h11,19,23-28,30-45,50-57H,12-18,20-21H2,1-10H3/t23-,24-,25+,26-,27-,28-,30+,31-,32-,33-,34-,35+,36+,37+,38-,39+,40+,41+,42-,43+,44-,45-,47+,48-,49+/m0/s1. The van der Waals surface area contributed by atoms with Crippen LogP contribution in [0.25, 0.3) is 0 Å². The van der Waals surface area contributed by atoms with Crippen LogP contribution in [0.5, 0.6) is 0 Å². The van der Waals surface area contributed by atoms with Gasteiger partial charge in [0.2, 0.25) is 0 Å². The molecule has 0 radical (unpaired) electrons. The third-order valence-corrected chi connectivity index (χ3v) is 18.5. The van der Waals surface area contributed by atoms with Crippen LogP contribution in [0.15, 0.2) is 23.3 Å². The average molecular weight is 925 g/mol. The third-order valence-electron chi connectivity index (χ3n) is 18.5. The van der Waals surface area contributed by atoms with Gasteiger partial charge in [-0.3, -0.25) is 0 Å². The Balaban J connectivity index is 1.03. The van der Waals surface area contributed by atoms with E-state index in [-0.39, 0.29) is 34.6 Å². The second-order valence-corrected chi connectivity index (χ2v) is 22.7. The van der Waals surface area contributed by atoms with E-state index in [0.29, 0.717) is 24.2 Å². The molecular formula is C49H80O16. The molecule has 0 aromatic heterocycles. The minimum absolute atomic E-state index is 0.0331. The van der Waals surface area contributed by atoms with Crippen molar-refractivity contribution in [2.45, 2.75) is 224 Å². The van der Waals surface area contributed by atoms with Crippen molar-refractivity contribution >= 4 is 0 Å². The molecule has 0 aromatic rings. The summed E-state index contributed by atoms with van der Waals surface area (Å²) in [5.41, 5.74) is 2.54. The van der Waals surface area contributed by atoms with Gasteiger partial charge in [0.1, 0.15) is 61.0 Å². The van der Waals surface area contributed by atoms with Crippen LogP contribution < -0.4 is 0 Å². The zero-order valence-electron chi connectivity index (χ0n) is 40.1. The summed E-state index contributed by atoms with van der Waals surface area (Å²) in [5, 5.41) is 86.4. The molecule has 16 heteroatoms. The van der Waals surface area contributed by atoms with Crippen molar-refractivity contribution in [1.29, 1.82) is 0 Å². The fourth-order valence-corrected chi connectivity index (χ4v) is 14.5. The quantitative estimate of drug-likeness (QED) is 0.147. The van der Waals surface area contributed by atoms with Crippen LogP contribution in [0, 0.1) is 45.3 Å². The van der Waals surface area contributed by atoms with Crippen molar-refractivity contribution < 1.29 is 78.7 Å². The maximum atomic E-state index is 11.8. The zero-order chi connectivity index (χ0) is 47.3. The lowest BCUT2D eigenvalue weighted by Crippen LogP contribution is -2.65. The van der Waals surface area contributed by atoms with Gasteiger partial charge in [-0.05, 0) is 118 Å². The smallest absolute Gasteiger partial charge is 0.187 e. The molecule has 0 aromatic carbocycles. The van der Waals surface area contributed by atoms with Gasteiger partial charge in [-0.1, -0.05) is 57.9 Å². The number of allylic oxidation sites excluding steroid dienone is 3. The fraction of sp³-hybridized carbons (Fsp3) is 0.918. The Morgan fingerprint density at radius 1 is 0.692 bits per heavy atom. The van der Waals surface area contributed by atoms with E-state index in [4.69, 9.17) is 37.9 Å². The monoisotopic (exact) mass is 925 g/mol. The van der Waals surface area contributed by atoms with Crippen LogP contribution >= 0.6 is 0 Å². The Labute approximate surface area is 384 Å². The molecule has 0 spiro atoms. The van der Waals surface area contributed by atoms with Gasteiger partial charge in [0.05, 0.1) is 31.0 Å². The van der Waals surface area contributed by atoms with Crippen LogP contribution in [0.3, 0.4) is 0 Å². The van der Waals surface area contributed by atoms with Crippen LogP contribution in [0.2, 0.25) is 0 Å². The molecule has 4 saturated heterocycles. The molecule has 4 heterocycles. The van der Waals surface area contributed by atoms with Gasteiger partial charge in [0, 0.05) is 13.0 Å². The molecule has 65 heavy (non-hydrogen) atoms. The Bertz CT molecular complexity index is 1740. The van der Waals surface area contributed by atoms with Gasteiger partial charge in [0.25, 0.3) is 0 Å². The summed E-state index contributed by atoms with van der Waals surface area (Å²) in [7, 11) is 1.78. The number of ether oxygens (including phenoxy) is 8. The zero-order valence-corrected chi connectivity index (χ0v) is 40.1. The lowest BCUT2D eigenvalue weighted by molar-refractivity contribution is -0.379. The van der Waals surface area contributed by atoms with E-state index in [1.54, 1.807) is 12.7 Å². The SMILES string of the molecule is CO[C@H]1O[C@H](C=C(C)C)C[C@H]1[C@@H]1CC[C@]2(C)C3=CC[C@H]4C(C)(C)[C@@H](O[C@@H]5O[C@H](CO[C@@H]6O[C@@H](C)[C@H](O)[C@@H](O)[C@H]6O)[C@@H](O)[C@H](O)[C@H]5O[C@@H]5O[C@@H](C)[C@H](O)[C@@H](O)[C@H]5O)CC[C@]4(C)[C@H]3CC[C@@]12C. The van der Waals surface area contributed by atoms with Crippen molar-refractivity contribution in [1.82, 2.24) is 0 Å². The van der Waals surface area contributed by atoms with E-state index < -0.39 is 110 Å². The molecule has 16 nitrogen and oxygen atoms in total. The van der Waals surface area contributed by atoms with Gasteiger partial charge >= 0.3 is 0 Å². The highest BCUT2D eigenvalue weighted by Gasteiger charge is 2.67. The largest absolute Gasteiger partial charge is 0.388 e. The summed E-state index contributed by atoms with van der Waals surface area (Å²) in [6, 6.07) is 0. The van der Waals surface area contributed by atoms with Crippen LogP contribution in [-0.4, -0.2) is 165 Å². The summed E-state index contributed by atoms with van der Waals surface area (Å²) >= 11 is 0. The minimum atomic E-state index is -1.70. The number of hydrogen-bond donors (Lipinski definition) is 8. The van der Waals surface area contributed by atoms with Gasteiger partial charge in [0.15, 0.2) is 25.2 Å². The number of aliphatic hydroxyl groups excluding tert-OH is 8. The van der Waals surface area contributed by atoms with Crippen LogP contribution in [0.4, 0.5) is 0 Å². The highest BCUT2D eigenvalue weighted by molar-refractivity contribution is 5.33. The number of aliphatic hydroxyl groups is 8. The Morgan fingerprint density at radius 2 is 1.34 bits per heavy atom. The predicted molar refractivity (Wildman–Crippen MR) is 233 cm³/mol. The number of methoxy groups -OCH3 is 1. The second-order valence-electron chi connectivity index (χ2n) is 22.7. The topological polar surface area (TPSA) is 236 Å². The summed E-state index contributed by atoms with van der Waals surface area (Å²) in [4.78, 5) is 0. The van der Waals surface area contributed by atoms with Crippen molar-refractivity contribution in [2.24, 2.45) is 45.3 Å². The molecule has 3 saturated carbocycles. The molecule has 8 rings (SSSR count). The van der Waals surface area contributed by atoms with Gasteiger partial charge < -0.3 is 78.7 Å². The Hall–Kier alpha value is -1.16. The van der Waals surface area contributed by atoms with E-state index in [1.165, 1.54) is 19.4 Å². The number of fused-ring (bicyclic) bond motifs is 5. The predicted octanol–water partition coefficient (Wildman–Crippen LogP) is 2.82. The van der Waals surface area contributed by atoms with Crippen LogP contribution in [0.1, 0.15) is 114 Å². The maximum Gasteiger partial charge on any atom is 0.187 e. The summed E-state index contributed by atoms with van der Waals surface area (Å²) in [6.07, 6.45) is -9.11. The molecule has 4 aliphatic heterocycles. The first-order valence-electron chi connectivity index (χ1n) is 24.4. The molecule has 4 aliphatic carbocycles. The van der Waals surface area contributed by atoms with E-state index in [1.807, 2.05) is 0 Å².